The van der Waals surface area contributed by atoms with E-state index in [0.29, 0.717) is 18.3 Å². The molecule has 1 aliphatic carbocycles. The SMILES string of the molecule is N#Cc1ccc(N(CCO)C2CCCC2)cn1. The van der Waals surface area contributed by atoms with Crippen molar-refractivity contribution in [2.45, 2.75) is 31.7 Å². The van der Waals surface area contributed by atoms with E-state index in [4.69, 9.17) is 10.4 Å². The molecule has 0 aliphatic heterocycles. The van der Waals surface area contributed by atoms with E-state index < -0.39 is 0 Å². The molecule has 1 fully saturated rings. The molecule has 1 heterocycles. The third-order valence-corrected chi connectivity index (χ3v) is 3.30. The minimum atomic E-state index is 0.149. The van der Waals surface area contributed by atoms with Crippen molar-refractivity contribution >= 4 is 5.69 Å². The Morgan fingerprint density at radius 3 is 2.71 bits per heavy atom. The maximum absolute atomic E-state index is 9.14. The third-order valence-electron chi connectivity index (χ3n) is 3.30. The van der Waals surface area contributed by atoms with E-state index in [1.165, 1.54) is 25.7 Å². The smallest absolute Gasteiger partial charge is 0.140 e. The van der Waals surface area contributed by atoms with Crippen LogP contribution in [0.3, 0.4) is 0 Å². The zero-order valence-electron chi connectivity index (χ0n) is 9.84. The highest BCUT2D eigenvalue weighted by atomic mass is 16.3. The summed E-state index contributed by atoms with van der Waals surface area (Å²) in [5, 5.41) is 17.9. The van der Waals surface area contributed by atoms with Crippen LogP contribution in [0, 0.1) is 11.3 Å². The number of aromatic nitrogens is 1. The lowest BCUT2D eigenvalue weighted by Gasteiger charge is -2.30. The predicted octanol–water partition coefficient (Wildman–Crippen LogP) is 1.69. The Morgan fingerprint density at radius 2 is 2.18 bits per heavy atom. The number of anilines is 1. The van der Waals surface area contributed by atoms with Crippen molar-refractivity contribution in [3.05, 3.63) is 24.0 Å². The zero-order valence-corrected chi connectivity index (χ0v) is 9.84. The van der Waals surface area contributed by atoms with Crippen LogP contribution in [0.4, 0.5) is 5.69 Å². The molecule has 1 saturated carbocycles. The summed E-state index contributed by atoms with van der Waals surface area (Å²) in [6, 6.07) is 6.17. The van der Waals surface area contributed by atoms with Gasteiger partial charge < -0.3 is 10.0 Å². The molecule has 0 bridgehead atoms. The second-order valence-electron chi connectivity index (χ2n) is 4.37. The van der Waals surface area contributed by atoms with E-state index in [1.54, 1.807) is 12.3 Å². The quantitative estimate of drug-likeness (QED) is 0.856. The zero-order chi connectivity index (χ0) is 12.1. The number of nitriles is 1. The molecule has 0 radical (unpaired) electrons. The Hall–Kier alpha value is -1.60. The van der Waals surface area contributed by atoms with Crippen LogP contribution in [0.5, 0.6) is 0 Å². The fraction of sp³-hybridized carbons (Fsp3) is 0.538. The first-order valence-electron chi connectivity index (χ1n) is 6.09. The molecular formula is C13H17N3O. The summed E-state index contributed by atoms with van der Waals surface area (Å²) >= 11 is 0. The fourth-order valence-electron chi connectivity index (χ4n) is 2.47. The molecule has 1 aromatic heterocycles. The van der Waals surface area contributed by atoms with Crippen LogP contribution in [-0.2, 0) is 0 Å². The number of hydrogen-bond acceptors (Lipinski definition) is 4. The van der Waals surface area contributed by atoms with Crippen LogP contribution in [0.25, 0.3) is 0 Å². The van der Waals surface area contributed by atoms with Gasteiger partial charge in [0, 0.05) is 12.6 Å². The monoisotopic (exact) mass is 231 g/mol. The summed E-state index contributed by atoms with van der Waals surface area (Å²) < 4.78 is 0. The molecule has 1 N–H and O–H groups in total. The maximum Gasteiger partial charge on any atom is 0.140 e. The van der Waals surface area contributed by atoms with Crippen molar-refractivity contribution in [1.29, 1.82) is 5.26 Å². The van der Waals surface area contributed by atoms with Gasteiger partial charge in [-0.1, -0.05) is 12.8 Å². The molecule has 0 aromatic carbocycles. The van der Waals surface area contributed by atoms with E-state index in [0.717, 1.165) is 5.69 Å². The van der Waals surface area contributed by atoms with Crippen molar-refractivity contribution in [3.63, 3.8) is 0 Å². The number of nitrogens with zero attached hydrogens (tertiary/aromatic N) is 3. The molecule has 17 heavy (non-hydrogen) atoms. The highest BCUT2D eigenvalue weighted by Gasteiger charge is 2.22. The van der Waals surface area contributed by atoms with Crippen molar-refractivity contribution in [3.8, 4) is 6.07 Å². The van der Waals surface area contributed by atoms with Crippen LogP contribution < -0.4 is 4.90 Å². The lowest BCUT2D eigenvalue weighted by atomic mass is 10.2. The highest BCUT2D eigenvalue weighted by molar-refractivity contribution is 5.47. The minimum Gasteiger partial charge on any atom is -0.395 e. The molecule has 0 spiro atoms. The number of pyridine rings is 1. The molecular weight excluding hydrogens is 214 g/mol. The minimum absolute atomic E-state index is 0.149. The van der Waals surface area contributed by atoms with Crippen molar-refractivity contribution in [1.82, 2.24) is 4.98 Å². The van der Waals surface area contributed by atoms with Gasteiger partial charge in [0.1, 0.15) is 11.8 Å². The van der Waals surface area contributed by atoms with Gasteiger partial charge in [0.15, 0.2) is 0 Å². The number of rotatable bonds is 4. The Labute approximate surface area is 102 Å². The van der Waals surface area contributed by atoms with Crippen molar-refractivity contribution < 1.29 is 5.11 Å². The summed E-state index contributed by atoms with van der Waals surface area (Å²) in [5.74, 6) is 0. The van der Waals surface area contributed by atoms with Crippen LogP contribution >= 0.6 is 0 Å². The van der Waals surface area contributed by atoms with E-state index in [9.17, 15) is 0 Å². The first-order chi connectivity index (χ1) is 8.35. The van der Waals surface area contributed by atoms with Crippen LogP contribution in [0.15, 0.2) is 18.3 Å². The molecule has 4 heteroatoms. The van der Waals surface area contributed by atoms with Gasteiger partial charge in [0.05, 0.1) is 18.5 Å². The molecule has 1 aromatic rings. The number of aliphatic hydroxyl groups excluding tert-OH is 1. The van der Waals surface area contributed by atoms with Gasteiger partial charge in [-0.15, -0.1) is 0 Å². The molecule has 90 valence electrons. The van der Waals surface area contributed by atoms with Crippen LogP contribution in [0.1, 0.15) is 31.4 Å². The van der Waals surface area contributed by atoms with Gasteiger partial charge >= 0.3 is 0 Å². The molecule has 4 nitrogen and oxygen atoms in total. The standard InChI is InChI=1S/C13H17N3O/c14-9-11-5-6-13(10-15-11)16(7-8-17)12-3-1-2-4-12/h5-6,10,12,17H,1-4,7-8H2. The van der Waals surface area contributed by atoms with Crippen LogP contribution in [-0.4, -0.2) is 29.3 Å². The molecule has 2 rings (SSSR count). The number of hydrogen-bond donors (Lipinski definition) is 1. The van der Waals surface area contributed by atoms with E-state index in [2.05, 4.69) is 9.88 Å². The largest absolute Gasteiger partial charge is 0.395 e. The third kappa shape index (κ3) is 2.75. The second kappa shape index (κ2) is 5.65. The van der Waals surface area contributed by atoms with Gasteiger partial charge in [-0.25, -0.2) is 4.98 Å². The lowest BCUT2D eigenvalue weighted by molar-refractivity contribution is 0.297. The topological polar surface area (TPSA) is 60.2 Å². The van der Waals surface area contributed by atoms with E-state index in [1.807, 2.05) is 12.1 Å². The van der Waals surface area contributed by atoms with Crippen LogP contribution in [0.2, 0.25) is 0 Å². The Morgan fingerprint density at radius 1 is 1.41 bits per heavy atom. The Bertz CT molecular complexity index is 390. The second-order valence-corrected chi connectivity index (χ2v) is 4.37. The maximum atomic E-state index is 9.14. The summed E-state index contributed by atoms with van der Waals surface area (Å²) in [6.07, 6.45) is 6.61. The average molecular weight is 231 g/mol. The average Bonchev–Trinajstić information content (AvgIpc) is 2.90. The summed E-state index contributed by atoms with van der Waals surface area (Å²) in [4.78, 5) is 6.30. The normalized spacial score (nSPS) is 15.8. The van der Waals surface area contributed by atoms with E-state index in [-0.39, 0.29) is 6.61 Å². The summed E-state index contributed by atoms with van der Waals surface area (Å²) in [5.41, 5.74) is 1.44. The Kier molecular flexibility index (Phi) is 3.94. The first-order valence-corrected chi connectivity index (χ1v) is 6.09. The fourth-order valence-corrected chi connectivity index (χ4v) is 2.47. The van der Waals surface area contributed by atoms with Gasteiger partial charge in [-0.2, -0.15) is 5.26 Å². The highest BCUT2D eigenvalue weighted by Crippen LogP contribution is 2.27. The molecule has 0 unspecified atom stereocenters. The molecule has 1 aliphatic rings. The summed E-state index contributed by atoms with van der Waals surface area (Å²) in [6.45, 7) is 0.786. The van der Waals surface area contributed by atoms with Crippen molar-refractivity contribution in [2.24, 2.45) is 0 Å². The van der Waals surface area contributed by atoms with Gasteiger partial charge in [-0.3, -0.25) is 0 Å². The van der Waals surface area contributed by atoms with E-state index >= 15 is 0 Å². The van der Waals surface area contributed by atoms with Gasteiger partial charge in [-0.05, 0) is 25.0 Å². The summed E-state index contributed by atoms with van der Waals surface area (Å²) in [7, 11) is 0. The van der Waals surface area contributed by atoms with Gasteiger partial charge in [0.25, 0.3) is 0 Å². The number of aliphatic hydroxyl groups is 1. The Balaban J connectivity index is 2.16. The molecule has 0 amide bonds. The predicted molar refractivity (Wildman–Crippen MR) is 65.6 cm³/mol. The lowest BCUT2D eigenvalue weighted by Crippen LogP contribution is -2.35. The molecule has 0 atom stereocenters. The van der Waals surface area contributed by atoms with Gasteiger partial charge in [0.2, 0.25) is 0 Å². The van der Waals surface area contributed by atoms with Crippen molar-refractivity contribution in [2.75, 3.05) is 18.1 Å². The first kappa shape index (κ1) is 11.9. The molecule has 0 saturated heterocycles.